The number of carbonyl (C=O) groups is 1. The second-order valence-electron chi connectivity index (χ2n) is 5.61. The van der Waals surface area contributed by atoms with Crippen molar-refractivity contribution in [3.05, 3.63) is 0 Å². The fourth-order valence-corrected chi connectivity index (χ4v) is 2.94. The largest absolute Gasteiger partial charge is 0.480 e. The Balaban J connectivity index is 2.39. The summed E-state index contributed by atoms with van der Waals surface area (Å²) in [6.45, 7) is 7.14. The Bertz CT molecular complexity index is 257. The van der Waals surface area contributed by atoms with Gasteiger partial charge in [0.2, 0.25) is 0 Å². The fraction of sp³-hybridized carbons (Fsp3) is 0.933. The molecular formula is C15H30N2O2. The van der Waals surface area contributed by atoms with Crippen molar-refractivity contribution in [3.63, 3.8) is 0 Å². The van der Waals surface area contributed by atoms with Crippen LogP contribution in [0.1, 0.15) is 58.8 Å². The van der Waals surface area contributed by atoms with Gasteiger partial charge in [-0.3, -0.25) is 4.79 Å². The van der Waals surface area contributed by atoms with E-state index in [-0.39, 0.29) is 6.04 Å². The van der Waals surface area contributed by atoms with Gasteiger partial charge in [0.1, 0.15) is 6.04 Å². The van der Waals surface area contributed by atoms with Crippen LogP contribution < -0.4 is 5.32 Å². The minimum Gasteiger partial charge on any atom is -0.480 e. The Morgan fingerprint density at radius 2 is 2.16 bits per heavy atom. The Morgan fingerprint density at radius 3 is 2.79 bits per heavy atom. The molecule has 2 N–H and O–H groups in total. The van der Waals surface area contributed by atoms with E-state index >= 15 is 0 Å². The molecule has 0 bridgehead atoms. The van der Waals surface area contributed by atoms with Crippen LogP contribution in [0, 0.1) is 0 Å². The van der Waals surface area contributed by atoms with Crippen molar-refractivity contribution in [2.45, 2.75) is 70.9 Å². The number of piperidine rings is 1. The van der Waals surface area contributed by atoms with E-state index in [2.05, 4.69) is 24.1 Å². The second-order valence-corrected chi connectivity index (χ2v) is 5.61. The summed E-state index contributed by atoms with van der Waals surface area (Å²) >= 11 is 0. The van der Waals surface area contributed by atoms with Gasteiger partial charge in [0.15, 0.2) is 0 Å². The van der Waals surface area contributed by atoms with Crippen LogP contribution in [0.25, 0.3) is 0 Å². The van der Waals surface area contributed by atoms with Crippen LogP contribution in [0.3, 0.4) is 0 Å². The van der Waals surface area contributed by atoms with Gasteiger partial charge >= 0.3 is 5.97 Å². The maximum atomic E-state index is 11.2. The van der Waals surface area contributed by atoms with Crippen LogP contribution in [0.15, 0.2) is 0 Å². The first-order chi connectivity index (χ1) is 9.19. The molecule has 2 unspecified atom stereocenters. The molecule has 0 aliphatic carbocycles. The smallest absolute Gasteiger partial charge is 0.320 e. The minimum absolute atomic E-state index is 0.385. The molecular weight excluding hydrogens is 240 g/mol. The molecule has 19 heavy (non-hydrogen) atoms. The van der Waals surface area contributed by atoms with E-state index in [0.717, 1.165) is 32.5 Å². The number of aliphatic carboxylic acids is 1. The highest BCUT2D eigenvalue weighted by molar-refractivity contribution is 5.73. The predicted octanol–water partition coefficient (Wildman–Crippen LogP) is 2.48. The topological polar surface area (TPSA) is 52.6 Å². The lowest BCUT2D eigenvalue weighted by atomic mass is 9.97. The summed E-state index contributed by atoms with van der Waals surface area (Å²) in [4.78, 5) is 13.7. The number of hydrogen-bond acceptors (Lipinski definition) is 3. The van der Waals surface area contributed by atoms with Gasteiger partial charge in [0, 0.05) is 12.6 Å². The van der Waals surface area contributed by atoms with Gasteiger partial charge in [0.25, 0.3) is 0 Å². The zero-order valence-corrected chi connectivity index (χ0v) is 12.5. The summed E-state index contributed by atoms with van der Waals surface area (Å²) in [5.74, 6) is -0.711. The first-order valence-corrected chi connectivity index (χ1v) is 7.89. The van der Waals surface area contributed by atoms with E-state index in [1.165, 1.54) is 32.1 Å². The Morgan fingerprint density at radius 1 is 1.37 bits per heavy atom. The lowest BCUT2D eigenvalue weighted by molar-refractivity contribution is -0.139. The van der Waals surface area contributed by atoms with E-state index in [1.807, 2.05) is 0 Å². The lowest BCUT2D eigenvalue weighted by Crippen LogP contribution is -2.44. The maximum absolute atomic E-state index is 11.2. The van der Waals surface area contributed by atoms with Gasteiger partial charge in [0.05, 0.1) is 0 Å². The molecule has 1 heterocycles. The van der Waals surface area contributed by atoms with Crippen molar-refractivity contribution in [2.75, 3.05) is 19.6 Å². The molecule has 112 valence electrons. The molecule has 4 nitrogen and oxygen atoms in total. The third kappa shape index (κ3) is 5.91. The van der Waals surface area contributed by atoms with Gasteiger partial charge < -0.3 is 15.3 Å². The van der Waals surface area contributed by atoms with Crippen molar-refractivity contribution < 1.29 is 9.90 Å². The highest BCUT2D eigenvalue weighted by Gasteiger charge is 2.24. The van der Waals surface area contributed by atoms with Gasteiger partial charge in [-0.25, -0.2) is 0 Å². The number of nitrogens with zero attached hydrogens (tertiary/aromatic N) is 1. The Kier molecular flexibility index (Phi) is 8.07. The summed E-state index contributed by atoms with van der Waals surface area (Å²) in [5.41, 5.74) is 0. The molecule has 0 aromatic carbocycles. The zero-order valence-electron chi connectivity index (χ0n) is 12.5. The lowest BCUT2D eigenvalue weighted by Gasteiger charge is -2.36. The van der Waals surface area contributed by atoms with Gasteiger partial charge in [-0.05, 0) is 45.2 Å². The van der Waals surface area contributed by atoms with E-state index in [4.69, 9.17) is 0 Å². The molecule has 1 aliphatic rings. The molecule has 1 rings (SSSR count). The molecule has 1 saturated heterocycles. The van der Waals surface area contributed by atoms with Crippen LogP contribution in [0.4, 0.5) is 0 Å². The van der Waals surface area contributed by atoms with E-state index < -0.39 is 5.97 Å². The maximum Gasteiger partial charge on any atom is 0.320 e. The molecule has 0 aromatic rings. The van der Waals surface area contributed by atoms with Gasteiger partial charge in [-0.2, -0.15) is 0 Å². The molecule has 4 heteroatoms. The molecule has 0 saturated carbocycles. The average molecular weight is 270 g/mol. The first kappa shape index (κ1) is 16.4. The molecule has 0 radical (unpaired) electrons. The van der Waals surface area contributed by atoms with Crippen LogP contribution in [0.2, 0.25) is 0 Å². The summed E-state index contributed by atoms with van der Waals surface area (Å²) in [6.07, 6.45) is 8.05. The molecule has 1 fully saturated rings. The molecule has 2 atom stereocenters. The number of carboxylic acid groups (broad SMARTS) is 1. The molecule has 0 amide bonds. The standard InChI is InChI=1S/C15H30N2O2/c1-3-7-13-8-5-6-11-17(13)12-9-14(15(18)19)16-10-4-2/h13-14,16H,3-12H2,1-2H3,(H,18,19). The molecule has 1 aliphatic heterocycles. The van der Waals surface area contributed by atoms with E-state index in [1.54, 1.807) is 0 Å². The number of rotatable bonds is 9. The summed E-state index contributed by atoms with van der Waals surface area (Å²) in [5, 5.41) is 12.3. The third-order valence-electron chi connectivity index (χ3n) is 4.01. The van der Waals surface area contributed by atoms with Crippen molar-refractivity contribution in [1.82, 2.24) is 10.2 Å². The monoisotopic (exact) mass is 270 g/mol. The molecule has 0 spiro atoms. The first-order valence-electron chi connectivity index (χ1n) is 7.89. The fourth-order valence-electron chi connectivity index (χ4n) is 2.94. The van der Waals surface area contributed by atoms with Crippen LogP contribution >= 0.6 is 0 Å². The summed E-state index contributed by atoms with van der Waals surface area (Å²) in [6, 6.07) is 0.295. The predicted molar refractivity (Wildman–Crippen MR) is 78.5 cm³/mol. The van der Waals surface area contributed by atoms with Crippen LogP contribution in [-0.4, -0.2) is 47.7 Å². The summed E-state index contributed by atoms with van der Waals surface area (Å²) < 4.78 is 0. The summed E-state index contributed by atoms with van der Waals surface area (Å²) in [7, 11) is 0. The highest BCUT2D eigenvalue weighted by Crippen LogP contribution is 2.21. The minimum atomic E-state index is -0.711. The average Bonchev–Trinajstić information content (AvgIpc) is 2.40. The number of likely N-dealkylation sites (tertiary alicyclic amines) is 1. The Labute approximate surface area is 117 Å². The van der Waals surface area contributed by atoms with Crippen molar-refractivity contribution >= 4 is 5.97 Å². The van der Waals surface area contributed by atoms with E-state index in [9.17, 15) is 9.90 Å². The zero-order chi connectivity index (χ0) is 14.1. The van der Waals surface area contributed by atoms with E-state index in [0.29, 0.717) is 6.04 Å². The third-order valence-corrected chi connectivity index (χ3v) is 4.01. The number of nitrogens with one attached hydrogen (secondary N) is 1. The van der Waals surface area contributed by atoms with Crippen molar-refractivity contribution in [1.29, 1.82) is 0 Å². The van der Waals surface area contributed by atoms with Gasteiger partial charge in [-0.1, -0.05) is 26.7 Å². The van der Waals surface area contributed by atoms with Gasteiger partial charge in [-0.15, -0.1) is 0 Å². The second kappa shape index (κ2) is 9.32. The quantitative estimate of drug-likeness (QED) is 0.676. The SMILES string of the molecule is CCCNC(CCN1CCCCC1CCC)C(=O)O. The number of hydrogen-bond donors (Lipinski definition) is 2. The van der Waals surface area contributed by atoms with Crippen LogP contribution in [-0.2, 0) is 4.79 Å². The Hall–Kier alpha value is -0.610. The van der Waals surface area contributed by atoms with Crippen molar-refractivity contribution in [3.8, 4) is 0 Å². The van der Waals surface area contributed by atoms with Crippen molar-refractivity contribution in [2.24, 2.45) is 0 Å². The highest BCUT2D eigenvalue weighted by atomic mass is 16.4. The number of carboxylic acids is 1. The van der Waals surface area contributed by atoms with Crippen LogP contribution in [0.5, 0.6) is 0 Å². The molecule has 0 aromatic heterocycles. The normalized spacial score (nSPS) is 22.3.